The van der Waals surface area contributed by atoms with E-state index < -0.39 is 0 Å². The monoisotopic (exact) mass is 254 g/mol. The molecule has 0 radical (unpaired) electrons. The van der Waals surface area contributed by atoms with Crippen LogP contribution in [0.2, 0.25) is 5.02 Å². The minimum atomic E-state index is -0.379. The maximum atomic E-state index is 9.50. The van der Waals surface area contributed by atoms with Crippen molar-refractivity contribution in [2.75, 3.05) is 6.61 Å². The molecule has 3 heteroatoms. The first-order valence-electron chi connectivity index (χ1n) is 6.16. The van der Waals surface area contributed by atoms with Crippen LogP contribution in [0.4, 0.5) is 0 Å². The van der Waals surface area contributed by atoms with Crippen LogP contribution in [0.1, 0.15) is 30.9 Å². The van der Waals surface area contributed by atoms with Gasteiger partial charge in [-0.1, -0.05) is 17.7 Å². The summed E-state index contributed by atoms with van der Waals surface area (Å²) >= 11 is 6.22. The summed E-state index contributed by atoms with van der Waals surface area (Å²) in [6.07, 6.45) is 2.72. The topological polar surface area (TPSA) is 29.5 Å². The second-order valence-corrected chi connectivity index (χ2v) is 5.45. The highest BCUT2D eigenvalue weighted by Crippen LogP contribution is 2.35. The van der Waals surface area contributed by atoms with Crippen molar-refractivity contribution in [1.82, 2.24) is 0 Å². The number of hydrogen-bond acceptors (Lipinski definition) is 2. The third-order valence-corrected chi connectivity index (χ3v) is 3.22. The molecule has 1 atom stereocenters. The molecule has 0 heterocycles. The SMILES string of the molecule is Cc1cc(Cl)c(OCC2CC2)c(CC(C)O)c1. The molecule has 1 unspecified atom stereocenters. The van der Waals surface area contributed by atoms with E-state index in [9.17, 15) is 5.11 Å². The summed E-state index contributed by atoms with van der Waals surface area (Å²) in [7, 11) is 0. The maximum Gasteiger partial charge on any atom is 0.141 e. The molecule has 1 aliphatic rings. The Morgan fingerprint density at radius 1 is 1.47 bits per heavy atom. The van der Waals surface area contributed by atoms with Gasteiger partial charge >= 0.3 is 0 Å². The third-order valence-electron chi connectivity index (χ3n) is 2.94. The van der Waals surface area contributed by atoms with Gasteiger partial charge < -0.3 is 9.84 Å². The van der Waals surface area contributed by atoms with Crippen molar-refractivity contribution in [3.05, 3.63) is 28.3 Å². The Morgan fingerprint density at radius 3 is 2.76 bits per heavy atom. The van der Waals surface area contributed by atoms with E-state index >= 15 is 0 Å². The van der Waals surface area contributed by atoms with Gasteiger partial charge in [0, 0.05) is 6.42 Å². The molecule has 1 fully saturated rings. The lowest BCUT2D eigenvalue weighted by Gasteiger charge is -2.15. The smallest absolute Gasteiger partial charge is 0.141 e. The number of hydrogen-bond donors (Lipinski definition) is 1. The fraction of sp³-hybridized carbons (Fsp3) is 0.571. The van der Waals surface area contributed by atoms with Crippen LogP contribution >= 0.6 is 11.6 Å². The number of aliphatic hydroxyl groups is 1. The fourth-order valence-electron chi connectivity index (χ4n) is 1.92. The highest BCUT2D eigenvalue weighted by atomic mass is 35.5. The van der Waals surface area contributed by atoms with Crippen molar-refractivity contribution in [2.24, 2.45) is 5.92 Å². The lowest BCUT2D eigenvalue weighted by molar-refractivity contribution is 0.193. The third kappa shape index (κ3) is 3.62. The number of halogens is 1. The lowest BCUT2D eigenvalue weighted by Crippen LogP contribution is -2.08. The molecule has 17 heavy (non-hydrogen) atoms. The molecular formula is C14H19ClO2. The molecule has 0 bridgehead atoms. The summed E-state index contributed by atoms with van der Waals surface area (Å²) < 4.78 is 5.80. The Labute approximate surface area is 108 Å². The molecule has 0 aliphatic heterocycles. The Hall–Kier alpha value is -0.730. The van der Waals surface area contributed by atoms with Crippen LogP contribution in [0.3, 0.4) is 0 Å². The average Bonchev–Trinajstić information content (AvgIpc) is 2.98. The quantitative estimate of drug-likeness (QED) is 0.873. The second kappa shape index (κ2) is 5.28. The standard InChI is InChI=1S/C14H19ClO2/c1-9-5-12(7-10(2)16)14(13(15)6-9)17-8-11-3-4-11/h5-6,10-11,16H,3-4,7-8H2,1-2H3. The minimum Gasteiger partial charge on any atom is -0.491 e. The summed E-state index contributed by atoms with van der Waals surface area (Å²) in [5.41, 5.74) is 2.11. The zero-order chi connectivity index (χ0) is 12.4. The first kappa shape index (κ1) is 12.7. The van der Waals surface area contributed by atoms with E-state index in [4.69, 9.17) is 16.3 Å². The van der Waals surface area contributed by atoms with Gasteiger partial charge in [0.05, 0.1) is 17.7 Å². The number of benzene rings is 1. The Kier molecular flexibility index (Phi) is 3.95. The van der Waals surface area contributed by atoms with E-state index in [0.29, 0.717) is 17.4 Å². The van der Waals surface area contributed by atoms with E-state index in [2.05, 4.69) is 0 Å². The van der Waals surface area contributed by atoms with Gasteiger partial charge in [-0.3, -0.25) is 0 Å². The van der Waals surface area contributed by atoms with E-state index in [1.807, 2.05) is 19.1 Å². The van der Waals surface area contributed by atoms with Gasteiger partial charge in [-0.2, -0.15) is 0 Å². The van der Waals surface area contributed by atoms with Gasteiger partial charge in [0.2, 0.25) is 0 Å². The molecule has 0 saturated heterocycles. The van der Waals surface area contributed by atoms with E-state index in [1.165, 1.54) is 12.8 Å². The van der Waals surface area contributed by atoms with Crippen molar-refractivity contribution in [1.29, 1.82) is 0 Å². The lowest BCUT2D eigenvalue weighted by atomic mass is 10.0. The van der Waals surface area contributed by atoms with Crippen LogP contribution < -0.4 is 4.74 Å². The maximum absolute atomic E-state index is 9.50. The van der Waals surface area contributed by atoms with Gasteiger partial charge in [0.15, 0.2) is 0 Å². The first-order valence-corrected chi connectivity index (χ1v) is 6.54. The molecule has 1 aromatic carbocycles. The molecule has 1 aromatic rings. The van der Waals surface area contributed by atoms with Gasteiger partial charge in [0.25, 0.3) is 0 Å². The Balaban J connectivity index is 2.18. The fourth-order valence-corrected chi connectivity index (χ4v) is 2.27. The predicted octanol–water partition coefficient (Wildman–Crippen LogP) is 3.36. The molecule has 2 nitrogen and oxygen atoms in total. The zero-order valence-electron chi connectivity index (χ0n) is 10.4. The summed E-state index contributed by atoms with van der Waals surface area (Å²) in [5.74, 6) is 1.46. The molecule has 1 saturated carbocycles. The second-order valence-electron chi connectivity index (χ2n) is 5.04. The van der Waals surface area contributed by atoms with E-state index in [1.54, 1.807) is 6.92 Å². The van der Waals surface area contributed by atoms with Crippen molar-refractivity contribution in [3.63, 3.8) is 0 Å². The largest absolute Gasteiger partial charge is 0.491 e. The molecule has 2 rings (SSSR count). The minimum absolute atomic E-state index is 0.379. The molecule has 0 spiro atoms. The van der Waals surface area contributed by atoms with Crippen molar-refractivity contribution in [2.45, 2.75) is 39.2 Å². The van der Waals surface area contributed by atoms with Crippen LogP contribution in [0.15, 0.2) is 12.1 Å². The summed E-state index contributed by atoms with van der Waals surface area (Å²) in [5, 5.41) is 10.2. The number of aryl methyl sites for hydroxylation is 1. The number of ether oxygens (including phenoxy) is 1. The molecular weight excluding hydrogens is 236 g/mol. The van der Waals surface area contributed by atoms with Gasteiger partial charge in [-0.25, -0.2) is 0 Å². The molecule has 94 valence electrons. The highest BCUT2D eigenvalue weighted by Gasteiger charge is 2.23. The summed E-state index contributed by atoms with van der Waals surface area (Å²) in [6, 6.07) is 3.95. The molecule has 1 N–H and O–H groups in total. The van der Waals surface area contributed by atoms with Gasteiger partial charge in [-0.05, 0) is 49.8 Å². The van der Waals surface area contributed by atoms with Crippen LogP contribution in [0.5, 0.6) is 5.75 Å². The van der Waals surface area contributed by atoms with Crippen molar-refractivity contribution in [3.8, 4) is 5.75 Å². The number of aliphatic hydroxyl groups excluding tert-OH is 1. The van der Waals surface area contributed by atoms with Crippen molar-refractivity contribution >= 4 is 11.6 Å². The highest BCUT2D eigenvalue weighted by molar-refractivity contribution is 6.32. The summed E-state index contributed by atoms with van der Waals surface area (Å²) in [4.78, 5) is 0. The van der Waals surface area contributed by atoms with Crippen molar-refractivity contribution < 1.29 is 9.84 Å². The molecule has 1 aliphatic carbocycles. The van der Waals surface area contributed by atoms with Gasteiger partial charge in [-0.15, -0.1) is 0 Å². The summed E-state index contributed by atoms with van der Waals surface area (Å²) in [6.45, 7) is 4.53. The first-order chi connectivity index (χ1) is 8.06. The molecule has 0 aromatic heterocycles. The zero-order valence-corrected chi connectivity index (χ0v) is 11.1. The molecule has 0 amide bonds. The Morgan fingerprint density at radius 2 is 2.18 bits per heavy atom. The van der Waals surface area contributed by atoms with E-state index in [-0.39, 0.29) is 6.10 Å². The van der Waals surface area contributed by atoms with E-state index in [0.717, 1.165) is 23.5 Å². The average molecular weight is 255 g/mol. The van der Waals surface area contributed by atoms with Crippen LogP contribution in [0.25, 0.3) is 0 Å². The van der Waals surface area contributed by atoms with Crippen LogP contribution in [0, 0.1) is 12.8 Å². The predicted molar refractivity (Wildman–Crippen MR) is 69.8 cm³/mol. The number of rotatable bonds is 5. The Bertz CT molecular complexity index is 397. The van der Waals surface area contributed by atoms with Gasteiger partial charge in [0.1, 0.15) is 5.75 Å². The van der Waals surface area contributed by atoms with Crippen LogP contribution in [-0.4, -0.2) is 17.8 Å². The normalized spacial score (nSPS) is 16.9. The van der Waals surface area contributed by atoms with Crippen LogP contribution in [-0.2, 0) is 6.42 Å².